The van der Waals surface area contributed by atoms with Gasteiger partial charge >= 0.3 is 0 Å². The summed E-state index contributed by atoms with van der Waals surface area (Å²) in [5, 5.41) is 6.57. The lowest BCUT2D eigenvalue weighted by Gasteiger charge is -2.12. The molecule has 0 aliphatic rings. The summed E-state index contributed by atoms with van der Waals surface area (Å²) in [6, 6.07) is 8.05. The van der Waals surface area contributed by atoms with E-state index in [-0.39, 0.29) is 0 Å². The van der Waals surface area contributed by atoms with E-state index >= 15 is 0 Å². The molecular weight excluding hydrogens is 270 g/mol. The second-order valence-corrected chi connectivity index (χ2v) is 5.14. The zero-order valence-electron chi connectivity index (χ0n) is 12.6. The van der Waals surface area contributed by atoms with Crippen molar-refractivity contribution < 1.29 is 4.74 Å². The van der Waals surface area contributed by atoms with Crippen molar-refractivity contribution in [3.05, 3.63) is 29.8 Å². The Kier molecular flexibility index (Phi) is 8.71. The van der Waals surface area contributed by atoms with Crippen LogP contribution in [0, 0.1) is 0 Å². The van der Waals surface area contributed by atoms with Crippen molar-refractivity contribution in [2.24, 2.45) is 4.99 Å². The number of nitrogens with one attached hydrogen (secondary N) is 2. The van der Waals surface area contributed by atoms with Crippen LogP contribution in [0.2, 0.25) is 0 Å². The minimum absolute atomic E-state index is 0.616. The van der Waals surface area contributed by atoms with Gasteiger partial charge in [-0.25, -0.2) is 4.99 Å². The Morgan fingerprint density at radius 1 is 1.25 bits per heavy atom. The van der Waals surface area contributed by atoms with Gasteiger partial charge in [0, 0.05) is 24.4 Å². The standard InChI is InChI=1S/C15H25N3OS/c1-4-16-15(17-10-11-20-3)18-12-13-8-6-7-9-14(13)19-5-2/h6-9H,4-5,10-12H2,1-3H3,(H2,16,17,18). The molecule has 1 aromatic rings. The fourth-order valence-electron chi connectivity index (χ4n) is 1.71. The van der Waals surface area contributed by atoms with E-state index in [0.29, 0.717) is 13.2 Å². The van der Waals surface area contributed by atoms with Crippen LogP contribution in [-0.2, 0) is 6.54 Å². The second kappa shape index (κ2) is 10.4. The van der Waals surface area contributed by atoms with Crippen molar-refractivity contribution in [1.29, 1.82) is 0 Å². The molecule has 0 heterocycles. The van der Waals surface area contributed by atoms with Crippen LogP contribution in [0.5, 0.6) is 5.75 Å². The van der Waals surface area contributed by atoms with Crippen LogP contribution in [0.3, 0.4) is 0 Å². The summed E-state index contributed by atoms with van der Waals surface area (Å²) in [5.74, 6) is 2.84. The fourth-order valence-corrected chi connectivity index (χ4v) is 2.01. The minimum atomic E-state index is 0.616. The molecule has 0 aromatic heterocycles. The third-order valence-corrected chi connectivity index (χ3v) is 3.24. The van der Waals surface area contributed by atoms with Gasteiger partial charge in [-0.3, -0.25) is 0 Å². The monoisotopic (exact) mass is 295 g/mol. The number of ether oxygens (including phenoxy) is 1. The summed E-state index contributed by atoms with van der Waals surface area (Å²) >= 11 is 1.82. The molecule has 5 heteroatoms. The highest BCUT2D eigenvalue weighted by atomic mass is 32.2. The van der Waals surface area contributed by atoms with Gasteiger partial charge in [-0.1, -0.05) is 18.2 Å². The van der Waals surface area contributed by atoms with Crippen molar-refractivity contribution in [3.8, 4) is 5.75 Å². The third kappa shape index (κ3) is 6.19. The smallest absolute Gasteiger partial charge is 0.191 e. The van der Waals surface area contributed by atoms with Crippen LogP contribution in [0.25, 0.3) is 0 Å². The molecule has 112 valence electrons. The Hall–Kier alpha value is -1.36. The summed E-state index contributed by atoms with van der Waals surface area (Å²) in [6.07, 6.45) is 2.10. The highest BCUT2D eigenvalue weighted by molar-refractivity contribution is 7.98. The molecule has 0 unspecified atom stereocenters. The summed E-state index contributed by atoms with van der Waals surface area (Å²) in [7, 11) is 0. The fraction of sp³-hybridized carbons (Fsp3) is 0.533. The Morgan fingerprint density at radius 2 is 2.05 bits per heavy atom. The zero-order chi connectivity index (χ0) is 14.6. The van der Waals surface area contributed by atoms with Gasteiger partial charge in [0.15, 0.2) is 5.96 Å². The maximum atomic E-state index is 5.61. The first-order valence-corrected chi connectivity index (χ1v) is 8.43. The normalized spacial score (nSPS) is 11.2. The zero-order valence-corrected chi connectivity index (χ0v) is 13.4. The lowest BCUT2D eigenvalue weighted by Crippen LogP contribution is -2.38. The SMILES string of the molecule is CCNC(=NCc1ccccc1OCC)NCCSC. The maximum Gasteiger partial charge on any atom is 0.191 e. The summed E-state index contributed by atoms with van der Waals surface area (Å²) in [4.78, 5) is 4.60. The van der Waals surface area contributed by atoms with E-state index in [1.54, 1.807) is 0 Å². The molecule has 0 saturated heterocycles. The van der Waals surface area contributed by atoms with E-state index in [1.165, 1.54) is 0 Å². The lowest BCUT2D eigenvalue weighted by molar-refractivity contribution is 0.336. The Bertz CT molecular complexity index is 410. The number of guanidine groups is 1. The first-order valence-electron chi connectivity index (χ1n) is 7.03. The number of hydrogen-bond donors (Lipinski definition) is 2. The highest BCUT2D eigenvalue weighted by Crippen LogP contribution is 2.18. The number of thioether (sulfide) groups is 1. The minimum Gasteiger partial charge on any atom is -0.494 e. The van der Waals surface area contributed by atoms with Crippen LogP contribution in [0.4, 0.5) is 0 Å². The van der Waals surface area contributed by atoms with Gasteiger partial charge in [0.2, 0.25) is 0 Å². The number of hydrogen-bond acceptors (Lipinski definition) is 3. The van der Waals surface area contributed by atoms with Gasteiger partial charge in [0.1, 0.15) is 5.75 Å². The van der Waals surface area contributed by atoms with E-state index in [0.717, 1.165) is 36.1 Å². The van der Waals surface area contributed by atoms with Gasteiger partial charge in [0.05, 0.1) is 13.2 Å². The predicted octanol–water partition coefficient (Wildman–Crippen LogP) is 2.50. The molecule has 0 atom stereocenters. The molecule has 4 nitrogen and oxygen atoms in total. The molecule has 0 radical (unpaired) electrons. The Balaban J connectivity index is 2.65. The van der Waals surface area contributed by atoms with E-state index in [4.69, 9.17) is 4.74 Å². The molecule has 2 N–H and O–H groups in total. The molecule has 0 bridgehead atoms. The topological polar surface area (TPSA) is 45.7 Å². The van der Waals surface area contributed by atoms with Crippen molar-refractivity contribution in [1.82, 2.24) is 10.6 Å². The third-order valence-electron chi connectivity index (χ3n) is 2.62. The van der Waals surface area contributed by atoms with E-state index in [9.17, 15) is 0 Å². The quantitative estimate of drug-likeness (QED) is 0.439. The van der Waals surface area contributed by atoms with Gasteiger partial charge < -0.3 is 15.4 Å². The summed E-state index contributed by atoms with van der Waals surface area (Å²) in [5.41, 5.74) is 1.11. The van der Waals surface area contributed by atoms with Crippen LogP contribution in [-0.4, -0.2) is 37.7 Å². The predicted molar refractivity (Wildman–Crippen MR) is 88.8 cm³/mol. The van der Waals surface area contributed by atoms with Crippen molar-refractivity contribution in [2.75, 3.05) is 31.7 Å². The highest BCUT2D eigenvalue weighted by Gasteiger charge is 2.02. The average Bonchev–Trinajstić information content (AvgIpc) is 2.46. The Morgan fingerprint density at radius 3 is 2.75 bits per heavy atom. The Labute approximate surface area is 126 Å². The van der Waals surface area contributed by atoms with E-state index in [1.807, 2.05) is 36.9 Å². The number of para-hydroxylation sites is 1. The maximum absolute atomic E-state index is 5.61. The summed E-state index contributed by atoms with van der Waals surface area (Å²) in [6.45, 7) is 7.13. The van der Waals surface area contributed by atoms with Crippen LogP contribution >= 0.6 is 11.8 Å². The molecule has 1 rings (SSSR count). The largest absolute Gasteiger partial charge is 0.494 e. The van der Waals surface area contributed by atoms with Crippen LogP contribution < -0.4 is 15.4 Å². The molecular formula is C15H25N3OS. The van der Waals surface area contributed by atoms with Crippen LogP contribution in [0.1, 0.15) is 19.4 Å². The van der Waals surface area contributed by atoms with Gasteiger partial charge in [0.25, 0.3) is 0 Å². The van der Waals surface area contributed by atoms with Gasteiger partial charge in [-0.05, 0) is 26.2 Å². The molecule has 0 fully saturated rings. The molecule has 0 spiro atoms. The molecule has 0 saturated carbocycles. The second-order valence-electron chi connectivity index (χ2n) is 4.16. The van der Waals surface area contributed by atoms with Gasteiger partial charge in [-0.15, -0.1) is 0 Å². The van der Waals surface area contributed by atoms with Crippen molar-refractivity contribution >= 4 is 17.7 Å². The molecule has 0 aliphatic carbocycles. The first kappa shape index (κ1) is 16.7. The number of aliphatic imine (C=N–C) groups is 1. The van der Waals surface area contributed by atoms with Crippen molar-refractivity contribution in [3.63, 3.8) is 0 Å². The van der Waals surface area contributed by atoms with Gasteiger partial charge in [-0.2, -0.15) is 11.8 Å². The molecule has 20 heavy (non-hydrogen) atoms. The first-order chi connectivity index (χ1) is 9.81. The molecule has 1 aromatic carbocycles. The summed E-state index contributed by atoms with van der Waals surface area (Å²) < 4.78 is 5.61. The molecule has 0 aliphatic heterocycles. The van der Waals surface area contributed by atoms with Crippen LogP contribution in [0.15, 0.2) is 29.3 Å². The number of benzene rings is 1. The lowest BCUT2D eigenvalue weighted by atomic mass is 10.2. The van der Waals surface area contributed by atoms with E-state index in [2.05, 4.69) is 34.9 Å². The van der Waals surface area contributed by atoms with Crippen molar-refractivity contribution in [2.45, 2.75) is 20.4 Å². The number of rotatable bonds is 8. The average molecular weight is 295 g/mol. The number of nitrogens with zero attached hydrogens (tertiary/aromatic N) is 1. The van der Waals surface area contributed by atoms with E-state index < -0.39 is 0 Å². The molecule has 0 amide bonds.